The van der Waals surface area contributed by atoms with Crippen molar-refractivity contribution in [2.75, 3.05) is 12.3 Å². The van der Waals surface area contributed by atoms with Crippen molar-refractivity contribution in [3.63, 3.8) is 0 Å². The van der Waals surface area contributed by atoms with Crippen molar-refractivity contribution in [1.29, 1.82) is 0 Å². The number of nitrogens with one attached hydrogen (secondary N) is 2. The number of nitrogen functional groups attached to an aromatic ring is 1. The third kappa shape index (κ3) is 2.36. The van der Waals surface area contributed by atoms with Crippen LogP contribution in [0.2, 0.25) is 0 Å². The molecule has 0 spiro atoms. The molecule has 0 saturated heterocycles. The van der Waals surface area contributed by atoms with Gasteiger partial charge in [0, 0.05) is 17.6 Å². The van der Waals surface area contributed by atoms with Crippen LogP contribution in [0.5, 0.6) is 0 Å². The minimum absolute atomic E-state index is 0.211. The normalized spacial score (nSPS) is 13.9. The van der Waals surface area contributed by atoms with E-state index >= 15 is 0 Å². The molecular weight excluding hydrogens is 294 g/mol. The standard InChI is InChI=1S/C12H13N5O3S/c13-7-4-14-15-10(7)12(19)17-2-1-6-3-8(11(18)16-20)21-9(6)5-17/h3-4,20H,1-2,5,13H2,(H,14,15)(H,16,18). The smallest absolute Gasteiger partial charge is 0.284 e. The van der Waals surface area contributed by atoms with Crippen LogP contribution in [-0.2, 0) is 13.0 Å². The fourth-order valence-corrected chi connectivity index (χ4v) is 3.40. The van der Waals surface area contributed by atoms with Crippen LogP contribution in [-0.4, -0.2) is 38.7 Å². The third-order valence-corrected chi connectivity index (χ3v) is 4.53. The number of carbonyl (C=O) groups is 2. The Bertz CT molecular complexity index is 708. The molecular formula is C12H13N5O3S. The van der Waals surface area contributed by atoms with Gasteiger partial charge in [0.2, 0.25) is 0 Å². The number of H-pyrrole nitrogens is 1. The largest absolute Gasteiger partial charge is 0.396 e. The molecule has 3 rings (SSSR count). The summed E-state index contributed by atoms with van der Waals surface area (Å²) in [7, 11) is 0. The monoisotopic (exact) mass is 307 g/mol. The Hall–Kier alpha value is -2.39. The van der Waals surface area contributed by atoms with Gasteiger partial charge in [-0.1, -0.05) is 0 Å². The number of amides is 2. The molecule has 2 amide bonds. The first kappa shape index (κ1) is 13.6. The number of rotatable bonds is 2. The maximum absolute atomic E-state index is 12.3. The predicted octanol–water partition coefficient (Wildman–Crippen LogP) is 0.371. The molecule has 1 aliphatic heterocycles. The van der Waals surface area contributed by atoms with Gasteiger partial charge in [-0.25, -0.2) is 5.48 Å². The van der Waals surface area contributed by atoms with E-state index < -0.39 is 5.91 Å². The van der Waals surface area contributed by atoms with E-state index in [1.807, 2.05) is 0 Å². The highest BCUT2D eigenvalue weighted by Crippen LogP contribution is 2.29. The molecule has 0 fully saturated rings. The second kappa shape index (κ2) is 5.19. The molecule has 1 aliphatic rings. The lowest BCUT2D eigenvalue weighted by molar-refractivity contribution is 0.0709. The highest BCUT2D eigenvalue weighted by molar-refractivity contribution is 7.14. The average Bonchev–Trinajstić information content (AvgIpc) is 3.10. The van der Waals surface area contributed by atoms with E-state index in [2.05, 4.69) is 10.2 Å². The number of thiophene rings is 1. The molecule has 0 radical (unpaired) electrons. The number of anilines is 1. The van der Waals surface area contributed by atoms with Crippen molar-refractivity contribution >= 4 is 28.8 Å². The molecule has 9 heteroatoms. The zero-order valence-corrected chi connectivity index (χ0v) is 11.7. The average molecular weight is 307 g/mol. The van der Waals surface area contributed by atoms with Crippen LogP contribution in [0.3, 0.4) is 0 Å². The molecule has 21 heavy (non-hydrogen) atoms. The molecule has 2 aromatic rings. The number of aromatic amines is 1. The molecule has 0 aliphatic carbocycles. The fraction of sp³-hybridized carbons (Fsp3) is 0.250. The van der Waals surface area contributed by atoms with Crippen molar-refractivity contribution < 1.29 is 14.8 Å². The lowest BCUT2D eigenvalue weighted by Crippen LogP contribution is -2.35. The molecule has 0 aromatic carbocycles. The van der Waals surface area contributed by atoms with Crippen LogP contribution < -0.4 is 11.2 Å². The van der Waals surface area contributed by atoms with Crippen molar-refractivity contribution in [1.82, 2.24) is 20.6 Å². The summed E-state index contributed by atoms with van der Waals surface area (Å²) in [5, 5.41) is 15.1. The van der Waals surface area contributed by atoms with Crippen LogP contribution in [0.4, 0.5) is 5.69 Å². The summed E-state index contributed by atoms with van der Waals surface area (Å²) in [4.78, 5) is 26.8. The molecule has 3 heterocycles. The fourth-order valence-electron chi connectivity index (χ4n) is 2.28. The predicted molar refractivity (Wildman–Crippen MR) is 75.0 cm³/mol. The first-order valence-electron chi connectivity index (χ1n) is 6.24. The number of hydroxylamine groups is 1. The molecule has 110 valence electrons. The van der Waals surface area contributed by atoms with Crippen LogP contribution in [0.25, 0.3) is 0 Å². The highest BCUT2D eigenvalue weighted by atomic mass is 32.1. The first-order chi connectivity index (χ1) is 10.1. The van der Waals surface area contributed by atoms with E-state index in [4.69, 9.17) is 10.9 Å². The van der Waals surface area contributed by atoms with E-state index in [9.17, 15) is 9.59 Å². The molecule has 5 N–H and O–H groups in total. The maximum atomic E-state index is 12.3. The zero-order chi connectivity index (χ0) is 15.0. The van der Waals surface area contributed by atoms with Crippen LogP contribution in [0, 0.1) is 0 Å². The summed E-state index contributed by atoms with van der Waals surface area (Å²) in [5.74, 6) is -0.773. The SMILES string of the molecule is Nc1c[nH]nc1C(=O)N1CCc2cc(C(=O)NO)sc2C1. The van der Waals surface area contributed by atoms with Gasteiger partial charge in [0.25, 0.3) is 11.8 Å². The van der Waals surface area contributed by atoms with E-state index in [1.165, 1.54) is 17.5 Å². The van der Waals surface area contributed by atoms with Crippen LogP contribution in [0.1, 0.15) is 30.6 Å². The summed E-state index contributed by atoms with van der Waals surface area (Å²) >= 11 is 1.27. The maximum Gasteiger partial charge on any atom is 0.284 e. The number of carbonyl (C=O) groups excluding carboxylic acids is 2. The van der Waals surface area contributed by atoms with Gasteiger partial charge in [-0.05, 0) is 18.1 Å². The first-order valence-corrected chi connectivity index (χ1v) is 7.06. The van der Waals surface area contributed by atoms with Gasteiger partial charge in [-0.15, -0.1) is 11.3 Å². The molecule has 0 bridgehead atoms. The molecule has 0 saturated carbocycles. The lowest BCUT2D eigenvalue weighted by Gasteiger charge is -2.26. The van der Waals surface area contributed by atoms with E-state index in [0.29, 0.717) is 30.1 Å². The van der Waals surface area contributed by atoms with E-state index in [1.54, 1.807) is 16.4 Å². The molecule has 0 atom stereocenters. The van der Waals surface area contributed by atoms with Gasteiger partial charge in [-0.3, -0.25) is 19.9 Å². The van der Waals surface area contributed by atoms with E-state index in [-0.39, 0.29) is 11.6 Å². The summed E-state index contributed by atoms with van der Waals surface area (Å²) < 4.78 is 0. The topological polar surface area (TPSA) is 124 Å². The Balaban J connectivity index is 1.81. The Morgan fingerprint density at radius 2 is 2.33 bits per heavy atom. The van der Waals surface area contributed by atoms with Gasteiger partial charge < -0.3 is 10.6 Å². The van der Waals surface area contributed by atoms with Gasteiger partial charge in [0.05, 0.1) is 17.1 Å². The summed E-state index contributed by atoms with van der Waals surface area (Å²) in [6, 6.07) is 1.75. The summed E-state index contributed by atoms with van der Waals surface area (Å²) in [6.45, 7) is 0.943. The molecule has 2 aromatic heterocycles. The molecule has 8 nitrogen and oxygen atoms in total. The number of aromatic nitrogens is 2. The minimum atomic E-state index is -0.538. The molecule has 0 unspecified atom stereocenters. The van der Waals surface area contributed by atoms with Crippen LogP contribution >= 0.6 is 11.3 Å². The number of hydrogen-bond donors (Lipinski definition) is 4. The number of fused-ring (bicyclic) bond motifs is 1. The highest BCUT2D eigenvalue weighted by Gasteiger charge is 2.27. The second-order valence-electron chi connectivity index (χ2n) is 4.67. The van der Waals surface area contributed by atoms with Crippen molar-refractivity contribution in [2.45, 2.75) is 13.0 Å². The quantitative estimate of drug-likeness (QED) is 0.471. The summed E-state index contributed by atoms with van der Waals surface area (Å²) in [5.41, 5.74) is 8.85. The van der Waals surface area contributed by atoms with Crippen LogP contribution in [0.15, 0.2) is 12.3 Å². The lowest BCUT2D eigenvalue weighted by atomic mass is 10.1. The Morgan fingerprint density at radius 1 is 1.52 bits per heavy atom. The third-order valence-electron chi connectivity index (χ3n) is 3.37. The van der Waals surface area contributed by atoms with Gasteiger partial charge in [0.15, 0.2) is 5.69 Å². The van der Waals surface area contributed by atoms with Gasteiger partial charge in [-0.2, -0.15) is 5.10 Å². The Morgan fingerprint density at radius 3 is 3.00 bits per heavy atom. The van der Waals surface area contributed by atoms with Crippen molar-refractivity contribution in [3.05, 3.63) is 33.3 Å². The Labute approximate surface area is 123 Å². The van der Waals surface area contributed by atoms with E-state index in [0.717, 1.165) is 10.4 Å². The van der Waals surface area contributed by atoms with Crippen molar-refractivity contribution in [3.8, 4) is 0 Å². The summed E-state index contributed by atoms with van der Waals surface area (Å²) in [6.07, 6.45) is 2.12. The number of nitrogens with zero attached hydrogens (tertiary/aromatic N) is 2. The number of hydrogen-bond acceptors (Lipinski definition) is 6. The van der Waals surface area contributed by atoms with Gasteiger partial charge in [0.1, 0.15) is 0 Å². The minimum Gasteiger partial charge on any atom is -0.396 e. The number of nitrogens with two attached hydrogens (primary N) is 1. The van der Waals surface area contributed by atoms with Crippen molar-refractivity contribution in [2.24, 2.45) is 0 Å². The van der Waals surface area contributed by atoms with Gasteiger partial charge >= 0.3 is 0 Å². The second-order valence-corrected chi connectivity index (χ2v) is 5.80. The zero-order valence-electron chi connectivity index (χ0n) is 10.9. The Kier molecular flexibility index (Phi) is 3.35.